The molecule has 0 aliphatic carbocycles. The Labute approximate surface area is 106 Å². The molecular formula is C14H17NOS. The Balaban J connectivity index is 2.66. The maximum absolute atomic E-state index is 11.7. The SMILES string of the molecule is CC=C(C)Cn1c(C)c(C(C)=O)c2ccsc21. The van der Waals surface area contributed by atoms with E-state index < -0.39 is 0 Å². The van der Waals surface area contributed by atoms with E-state index in [1.807, 2.05) is 19.9 Å². The lowest BCUT2D eigenvalue weighted by Crippen LogP contribution is -2.03. The summed E-state index contributed by atoms with van der Waals surface area (Å²) in [6.45, 7) is 8.71. The zero-order valence-corrected chi connectivity index (χ0v) is 11.5. The second-order valence-corrected chi connectivity index (χ2v) is 5.27. The number of carbonyl (C=O) groups is 1. The third kappa shape index (κ3) is 1.95. The molecule has 0 spiro atoms. The number of carbonyl (C=O) groups excluding carboxylic acids is 1. The minimum absolute atomic E-state index is 0.155. The van der Waals surface area contributed by atoms with Gasteiger partial charge in [0.1, 0.15) is 4.83 Å². The minimum atomic E-state index is 0.155. The topological polar surface area (TPSA) is 22.0 Å². The molecular weight excluding hydrogens is 230 g/mol. The average Bonchev–Trinajstić information content (AvgIpc) is 2.81. The van der Waals surface area contributed by atoms with Crippen molar-refractivity contribution in [3.63, 3.8) is 0 Å². The zero-order valence-electron chi connectivity index (χ0n) is 10.7. The van der Waals surface area contributed by atoms with Crippen LogP contribution in [0.25, 0.3) is 10.2 Å². The van der Waals surface area contributed by atoms with E-state index >= 15 is 0 Å². The van der Waals surface area contributed by atoms with E-state index in [1.165, 1.54) is 10.4 Å². The first-order chi connectivity index (χ1) is 8.06. The largest absolute Gasteiger partial charge is 0.332 e. The van der Waals surface area contributed by atoms with Crippen LogP contribution in [0.1, 0.15) is 36.8 Å². The molecule has 0 fully saturated rings. The Bertz CT molecular complexity index is 601. The number of thiophene rings is 1. The smallest absolute Gasteiger partial charge is 0.162 e. The Morgan fingerprint density at radius 1 is 1.47 bits per heavy atom. The van der Waals surface area contributed by atoms with Crippen LogP contribution in [-0.4, -0.2) is 10.4 Å². The van der Waals surface area contributed by atoms with Gasteiger partial charge in [-0.3, -0.25) is 4.79 Å². The van der Waals surface area contributed by atoms with E-state index in [2.05, 4.69) is 22.9 Å². The van der Waals surface area contributed by atoms with Crippen LogP contribution in [0.15, 0.2) is 23.1 Å². The first-order valence-corrected chi connectivity index (χ1v) is 6.63. The molecule has 0 aliphatic rings. The van der Waals surface area contributed by atoms with Gasteiger partial charge in [0.05, 0.1) is 0 Å². The van der Waals surface area contributed by atoms with Gasteiger partial charge in [-0.25, -0.2) is 0 Å². The molecule has 0 saturated carbocycles. The molecule has 0 unspecified atom stereocenters. The van der Waals surface area contributed by atoms with Gasteiger partial charge in [0, 0.05) is 23.2 Å². The van der Waals surface area contributed by atoms with Crippen LogP contribution in [0.3, 0.4) is 0 Å². The summed E-state index contributed by atoms with van der Waals surface area (Å²) in [6.07, 6.45) is 2.12. The number of allylic oxidation sites excluding steroid dienone is 2. The summed E-state index contributed by atoms with van der Waals surface area (Å²) in [5, 5.41) is 3.15. The van der Waals surface area contributed by atoms with Crippen molar-refractivity contribution >= 4 is 27.3 Å². The summed E-state index contributed by atoms with van der Waals surface area (Å²) in [7, 11) is 0. The first kappa shape index (κ1) is 12.1. The molecule has 0 radical (unpaired) electrons. The Morgan fingerprint density at radius 2 is 2.18 bits per heavy atom. The van der Waals surface area contributed by atoms with Crippen molar-refractivity contribution in [3.8, 4) is 0 Å². The monoisotopic (exact) mass is 247 g/mol. The fraction of sp³-hybridized carbons (Fsp3) is 0.357. The van der Waals surface area contributed by atoms with Crippen molar-refractivity contribution in [2.24, 2.45) is 0 Å². The van der Waals surface area contributed by atoms with Crippen LogP contribution in [0.2, 0.25) is 0 Å². The molecule has 90 valence electrons. The van der Waals surface area contributed by atoms with E-state index in [0.29, 0.717) is 0 Å². The molecule has 2 aromatic heterocycles. The van der Waals surface area contributed by atoms with Gasteiger partial charge in [-0.15, -0.1) is 11.3 Å². The maximum Gasteiger partial charge on any atom is 0.162 e. The quantitative estimate of drug-likeness (QED) is 0.589. The fourth-order valence-corrected chi connectivity index (χ4v) is 3.12. The highest BCUT2D eigenvalue weighted by Crippen LogP contribution is 2.31. The summed E-state index contributed by atoms with van der Waals surface area (Å²) < 4.78 is 2.24. The van der Waals surface area contributed by atoms with E-state index in [9.17, 15) is 4.79 Å². The van der Waals surface area contributed by atoms with Crippen LogP contribution < -0.4 is 0 Å². The van der Waals surface area contributed by atoms with Crippen molar-refractivity contribution in [3.05, 3.63) is 34.4 Å². The third-order valence-electron chi connectivity index (χ3n) is 3.18. The Kier molecular flexibility index (Phi) is 3.20. The van der Waals surface area contributed by atoms with E-state index in [4.69, 9.17) is 0 Å². The summed E-state index contributed by atoms with van der Waals surface area (Å²) in [4.78, 5) is 12.9. The van der Waals surface area contributed by atoms with Crippen molar-refractivity contribution in [1.82, 2.24) is 4.57 Å². The molecule has 2 aromatic rings. The fourth-order valence-electron chi connectivity index (χ4n) is 2.16. The molecule has 2 rings (SSSR count). The summed E-state index contributed by atoms with van der Waals surface area (Å²) in [5.41, 5.74) is 3.28. The van der Waals surface area contributed by atoms with Crippen LogP contribution in [0.4, 0.5) is 0 Å². The Hall–Kier alpha value is -1.35. The molecule has 0 amide bonds. The number of fused-ring (bicyclic) bond motifs is 1. The normalized spacial score (nSPS) is 12.4. The van der Waals surface area contributed by atoms with Gasteiger partial charge in [0.2, 0.25) is 0 Å². The molecule has 0 aliphatic heterocycles. The number of hydrogen-bond donors (Lipinski definition) is 0. The highest BCUT2D eigenvalue weighted by Gasteiger charge is 2.17. The van der Waals surface area contributed by atoms with Gasteiger partial charge >= 0.3 is 0 Å². The number of hydrogen-bond acceptors (Lipinski definition) is 2. The van der Waals surface area contributed by atoms with E-state index in [-0.39, 0.29) is 5.78 Å². The molecule has 0 N–H and O–H groups in total. The van der Waals surface area contributed by atoms with Crippen molar-refractivity contribution in [2.75, 3.05) is 0 Å². The molecule has 0 bridgehead atoms. The predicted octanol–water partition coefficient (Wildman–Crippen LogP) is 4.18. The van der Waals surface area contributed by atoms with Gasteiger partial charge in [0.15, 0.2) is 5.78 Å². The lowest BCUT2D eigenvalue weighted by Gasteiger charge is -2.07. The van der Waals surface area contributed by atoms with Crippen LogP contribution in [-0.2, 0) is 6.54 Å². The summed E-state index contributed by atoms with van der Waals surface area (Å²) >= 11 is 1.70. The molecule has 2 nitrogen and oxygen atoms in total. The van der Waals surface area contributed by atoms with Gasteiger partial charge < -0.3 is 4.57 Å². The standard InChI is InChI=1S/C14H17NOS/c1-5-9(2)8-15-10(3)13(11(4)16)12-6-7-17-14(12)15/h5-7H,8H2,1-4H3. The van der Waals surface area contributed by atoms with Gasteiger partial charge in [-0.2, -0.15) is 0 Å². The number of Topliss-reactive ketones (excluding diaryl/α,β-unsaturated/α-hetero) is 1. The highest BCUT2D eigenvalue weighted by molar-refractivity contribution is 7.16. The maximum atomic E-state index is 11.7. The zero-order chi connectivity index (χ0) is 12.6. The third-order valence-corrected chi connectivity index (χ3v) is 4.11. The van der Waals surface area contributed by atoms with Gasteiger partial charge in [-0.05, 0) is 39.1 Å². The highest BCUT2D eigenvalue weighted by atomic mass is 32.1. The summed E-state index contributed by atoms with van der Waals surface area (Å²) in [5.74, 6) is 0.155. The van der Waals surface area contributed by atoms with Crippen LogP contribution in [0, 0.1) is 6.92 Å². The minimum Gasteiger partial charge on any atom is -0.332 e. The van der Waals surface area contributed by atoms with E-state index in [0.717, 1.165) is 23.2 Å². The van der Waals surface area contributed by atoms with Crippen molar-refractivity contribution in [1.29, 1.82) is 0 Å². The van der Waals surface area contributed by atoms with Crippen molar-refractivity contribution in [2.45, 2.75) is 34.2 Å². The average molecular weight is 247 g/mol. The van der Waals surface area contributed by atoms with Gasteiger partial charge in [-0.1, -0.05) is 11.6 Å². The van der Waals surface area contributed by atoms with Crippen molar-refractivity contribution < 1.29 is 4.79 Å². The van der Waals surface area contributed by atoms with Crippen LogP contribution in [0.5, 0.6) is 0 Å². The molecule has 17 heavy (non-hydrogen) atoms. The lowest BCUT2D eigenvalue weighted by molar-refractivity contribution is 0.101. The predicted molar refractivity (Wildman–Crippen MR) is 74.0 cm³/mol. The molecule has 3 heteroatoms. The number of ketones is 1. The van der Waals surface area contributed by atoms with E-state index in [1.54, 1.807) is 18.3 Å². The number of rotatable bonds is 3. The Morgan fingerprint density at radius 3 is 2.76 bits per heavy atom. The number of nitrogens with zero attached hydrogens (tertiary/aromatic N) is 1. The van der Waals surface area contributed by atoms with Gasteiger partial charge in [0.25, 0.3) is 0 Å². The second kappa shape index (κ2) is 4.49. The number of aromatic nitrogens is 1. The first-order valence-electron chi connectivity index (χ1n) is 5.75. The molecule has 0 atom stereocenters. The molecule has 0 saturated heterocycles. The summed E-state index contributed by atoms with van der Waals surface area (Å²) in [6, 6.07) is 2.05. The van der Waals surface area contributed by atoms with Crippen LogP contribution >= 0.6 is 11.3 Å². The lowest BCUT2D eigenvalue weighted by atomic mass is 10.1. The molecule has 2 heterocycles. The second-order valence-electron chi connectivity index (χ2n) is 4.38. The molecule has 0 aromatic carbocycles.